The molecule has 4 heteroatoms. The minimum atomic E-state index is -0.706. The van der Waals surface area contributed by atoms with Crippen molar-refractivity contribution in [2.45, 2.75) is 24.5 Å². The summed E-state index contributed by atoms with van der Waals surface area (Å²) in [7, 11) is 2.00. The molecule has 28 heavy (non-hydrogen) atoms. The van der Waals surface area contributed by atoms with Gasteiger partial charge in [0.05, 0.1) is 5.41 Å². The first-order valence-corrected chi connectivity index (χ1v) is 9.53. The van der Waals surface area contributed by atoms with Crippen molar-refractivity contribution in [2.75, 3.05) is 11.9 Å². The Bertz CT molecular complexity index is 1050. The molecule has 0 N–H and O–H groups in total. The van der Waals surface area contributed by atoms with Crippen LogP contribution in [0.5, 0.6) is 0 Å². The first-order chi connectivity index (χ1) is 13.6. The molecule has 0 spiro atoms. The van der Waals surface area contributed by atoms with Crippen LogP contribution in [0.15, 0.2) is 78.9 Å². The highest BCUT2D eigenvalue weighted by atomic mass is 19.1. The lowest BCUT2D eigenvalue weighted by Gasteiger charge is -2.37. The van der Waals surface area contributed by atoms with Gasteiger partial charge in [-0.1, -0.05) is 66.7 Å². The molecule has 1 saturated heterocycles. The number of likely N-dealkylation sites (N-methyl/N-ethyl adjacent to an activating group) is 1. The van der Waals surface area contributed by atoms with Crippen LogP contribution in [-0.2, 0) is 16.8 Å². The van der Waals surface area contributed by atoms with E-state index >= 15 is 4.39 Å². The summed E-state index contributed by atoms with van der Waals surface area (Å²) in [6.07, 6.45) is 0.0155. The van der Waals surface area contributed by atoms with Crippen LogP contribution in [0.2, 0.25) is 0 Å². The van der Waals surface area contributed by atoms with Gasteiger partial charge in [-0.3, -0.25) is 4.79 Å². The number of carbonyl (C=O) groups excluding carboxylic acids is 1. The number of nitrogens with zero attached hydrogens (tertiary/aromatic N) is 2. The fourth-order valence-electron chi connectivity index (χ4n) is 5.06. The van der Waals surface area contributed by atoms with Crippen LogP contribution in [0.4, 0.5) is 10.1 Å². The Balaban J connectivity index is 1.70. The van der Waals surface area contributed by atoms with Crippen molar-refractivity contribution in [3.8, 4) is 0 Å². The topological polar surface area (TPSA) is 23.6 Å². The van der Waals surface area contributed by atoms with Crippen molar-refractivity contribution < 1.29 is 9.18 Å². The molecule has 2 aliphatic heterocycles. The van der Waals surface area contributed by atoms with Crippen molar-refractivity contribution in [3.63, 3.8) is 0 Å². The highest BCUT2D eigenvalue weighted by Crippen LogP contribution is 2.56. The lowest BCUT2D eigenvalue weighted by atomic mass is 9.73. The number of amides is 1. The van der Waals surface area contributed by atoms with Gasteiger partial charge in [-0.15, -0.1) is 0 Å². The Morgan fingerprint density at radius 3 is 2.32 bits per heavy atom. The first kappa shape index (κ1) is 17.0. The van der Waals surface area contributed by atoms with Crippen molar-refractivity contribution in [1.82, 2.24) is 4.90 Å². The second-order valence-corrected chi connectivity index (χ2v) is 7.64. The number of likely N-dealkylation sites (tertiary alicyclic amines) is 1. The summed E-state index contributed by atoms with van der Waals surface area (Å²) in [6.45, 7) is 0.513. The number of hydrogen-bond donors (Lipinski definition) is 0. The van der Waals surface area contributed by atoms with E-state index in [1.165, 1.54) is 6.07 Å². The second kappa shape index (κ2) is 6.20. The molecule has 140 valence electrons. The van der Waals surface area contributed by atoms with Gasteiger partial charge >= 0.3 is 0 Å². The van der Waals surface area contributed by atoms with Crippen molar-refractivity contribution in [1.29, 1.82) is 0 Å². The van der Waals surface area contributed by atoms with Crippen LogP contribution < -0.4 is 4.90 Å². The van der Waals surface area contributed by atoms with E-state index in [-0.39, 0.29) is 24.3 Å². The van der Waals surface area contributed by atoms with Gasteiger partial charge in [-0.05, 0) is 23.3 Å². The van der Waals surface area contributed by atoms with Crippen LogP contribution in [0.3, 0.4) is 0 Å². The molecule has 0 unspecified atom stereocenters. The molecule has 3 aromatic carbocycles. The molecule has 0 aliphatic carbocycles. The molecule has 3 nitrogen and oxygen atoms in total. The monoisotopic (exact) mass is 372 g/mol. The number of benzene rings is 3. The van der Waals surface area contributed by atoms with Crippen LogP contribution in [-0.4, -0.2) is 24.0 Å². The zero-order chi connectivity index (χ0) is 19.3. The Kier molecular flexibility index (Phi) is 3.76. The fraction of sp³-hybridized carbons (Fsp3) is 0.208. The molecule has 2 heterocycles. The van der Waals surface area contributed by atoms with E-state index in [0.717, 1.165) is 16.8 Å². The van der Waals surface area contributed by atoms with Gasteiger partial charge in [0.25, 0.3) is 0 Å². The maximum absolute atomic E-state index is 15.0. The average molecular weight is 372 g/mol. The molecule has 5 rings (SSSR count). The molecule has 3 aromatic rings. The number of para-hydroxylation sites is 1. The van der Waals surface area contributed by atoms with Gasteiger partial charge in [0.15, 0.2) is 0 Å². The van der Waals surface area contributed by atoms with Gasteiger partial charge in [0, 0.05) is 31.3 Å². The molecular formula is C24H21FN2O. The number of fused-ring (bicyclic) bond motifs is 3. The zero-order valence-electron chi connectivity index (χ0n) is 15.7. The molecule has 0 radical (unpaired) electrons. The van der Waals surface area contributed by atoms with Crippen molar-refractivity contribution >= 4 is 11.6 Å². The summed E-state index contributed by atoms with van der Waals surface area (Å²) in [5.74, 6) is -0.203. The first-order valence-electron chi connectivity index (χ1n) is 9.53. The summed E-state index contributed by atoms with van der Waals surface area (Å²) in [6, 6.07) is 24.9. The minimum absolute atomic E-state index is 0.0541. The largest absolute Gasteiger partial charge is 0.353 e. The molecule has 1 fully saturated rings. The Morgan fingerprint density at radius 1 is 0.929 bits per heavy atom. The summed E-state index contributed by atoms with van der Waals surface area (Å²) < 4.78 is 15.0. The van der Waals surface area contributed by atoms with E-state index in [1.54, 1.807) is 6.07 Å². The Hall–Kier alpha value is -3.14. The fourth-order valence-corrected chi connectivity index (χ4v) is 5.06. The number of rotatable bonds is 3. The quantitative estimate of drug-likeness (QED) is 0.684. The van der Waals surface area contributed by atoms with Crippen LogP contribution >= 0.6 is 0 Å². The summed E-state index contributed by atoms with van der Waals surface area (Å²) in [5.41, 5.74) is 3.05. The van der Waals surface area contributed by atoms with Gasteiger partial charge in [-0.2, -0.15) is 0 Å². The third-order valence-corrected chi connectivity index (χ3v) is 6.17. The van der Waals surface area contributed by atoms with Crippen LogP contribution in [0.25, 0.3) is 0 Å². The molecule has 2 atom stereocenters. The lowest BCUT2D eigenvalue weighted by Crippen LogP contribution is -2.49. The molecule has 2 aliphatic rings. The summed E-state index contributed by atoms with van der Waals surface area (Å²) >= 11 is 0. The summed E-state index contributed by atoms with van der Waals surface area (Å²) in [4.78, 5) is 17.3. The van der Waals surface area contributed by atoms with E-state index in [0.29, 0.717) is 12.1 Å². The zero-order valence-corrected chi connectivity index (χ0v) is 15.7. The van der Waals surface area contributed by atoms with E-state index in [4.69, 9.17) is 0 Å². The second-order valence-electron chi connectivity index (χ2n) is 7.64. The van der Waals surface area contributed by atoms with Crippen molar-refractivity contribution in [2.24, 2.45) is 0 Å². The Labute approximate surface area is 164 Å². The lowest BCUT2D eigenvalue weighted by molar-refractivity contribution is -0.129. The molecule has 1 amide bonds. The van der Waals surface area contributed by atoms with Crippen LogP contribution in [0.1, 0.15) is 23.1 Å². The third kappa shape index (κ3) is 2.24. The number of halogens is 1. The summed E-state index contributed by atoms with van der Waals surface area (Å²) in [5, 5.41) is 0. The number of hydrogen-bond acceptors (Lipinski definition) is 2. The molecular weight excluding hydrogens is 351 g/mol. The van der Waals surface area contributed by atoms with Gasteiger partial charge in [0.2, 0.25) is 5.91 Å². The predicted molar refractivity (Wildman–Crippen MR) is 107 cm³/mol. The number of carbonyl (C=O) groups is 1. The molecule has 0 bridgehead atoms. The number of anilines is 1. The molecule has 0 aromatic heterocycles. The molecule has 0 saturated carbocycles. The van der Waals surface area contributed by atoms with Crippen molar-refractivity contribution in [3.05, 3.63) is 101 Å². The van der Waals surface area contributed by atoms with E-state index in [9.17, 15) is 4.79 Å². The van der Waals surface area contributed by atoms with E-state index < -0.39 is 5.41 Å². The highest BCUT2D eigenvalue weighted by molar-refractivity contribution is 5.87. The average Bonchev–Trinajstić information content (AvgIpc) is 3.14. The third-order valence-electron chi connectivity index (χ3n) is 6.17. The van der Waals surface area contributed by atoms with E-state index in [1.807, 2.05) is 72.6 Å². The Morgan fingerprint density at radius 2 is 1.57 bits per heavy atom. The predicted octanol–water partition coefficient (Wildman–Crippen LogP) is 4.32. The van der Waals surface area contributed by atoms with Crippen LogP contribution in [0, 0.1) is 5.82 Å². The maximum atomic E-state index is 15.0. The minimum Gasteiger partial charge on any atom is -0.353 e. The van der Waals surface area contributed by atoms with Gasteiger partial charge in [0.1, 0.15) is 12.0 Å². The smallest absolute Gasteiger partial charge is 0.225 e. The van der Waals surface area contributed by atoms with Gasteiger partial charge in [-0.25, -0.2) is 4.39 Å². The standard InChI is InChI=1S/C24H21FN2O/c1-26-21-14-8-6-12-19(21)24(18-11-5-7-13-20(18)25)15-22(28)27(23(24)26)16-17-9-3-2-4-10-17/h2-14,23H,15-16H2,1H3/t23-,24+/m1/s1. The van der Waals surface area contributed by atoms with E-state index in [2.05, 4.69) is 11.0 Å². The normalized spacial score (nSPS) is 23.1. The van der Waals surface area contributed by atoms with Gasteiger partial charge < -0.3 is 9.80 Å². The maximum Gasteiger partial charge on any atom is 0.225 e. The highest BCUT2D eigenvalue weighted by Gasteiger charge is 2.61. The SMILES string of the molecule is CN1c2ccccc2[C@@]2(c3ccccc3F)CC(=O)N(Cc3ccccc3)[C@@H]12.